The zero-order valence-corrected chi connectivity index (χ0v) is 10.5. The van der Waals surface area contributed by atoms with Crippen LogP contribution in [0.4, 0.5) is 5.82 Å². The van der Waals surface area contributed by atoms with Crippen molar-refractivity contribution in [1.82, 2.24) is 9.97 Å². The molecule has 0 saturated heterocycles. The van der Waals surface area contributed by atoms with Crippen molar-refractivity contribution in [2.45, 2.75) is 26.7 Å². The molecule has 1 aromatic rings. The van der Waals surface area contributed by atoms with Crippen molar-refractivity contribution in [3.05, 3.63) is 16.5 Å². The van der Waals surface area contributed by atoms with Gasteiger partial charge in [0, 0.05) is 25.6 Å². The number of aromatic nitrogens is 2. The van der Waals surface area contributed by atoms with Crippen LogP contribution >= 0.6 is 11.6 Å². The lowest BCUT2D eigenvalue weighted by Crippen LogP contribution is -2.21. The summed E-state index contributed by atoms with van der Waals surface area (Å²) < 4.78 is 0. The maximum absolute atomic E-state index is 8.55. The van der Waals surface area contributed by atoms with Gasteiger partial charge in [-0.25, -0.2) is 9.97 Å². The number of hydrogen-bond donors (Lipinski definition) is 0. The van der Waals surface area contributed by atoms with Crippen molar-refractivity contribution in [2.24, 2.45) is 0 Å². The average Bonchev–Trinajstić information content (AvgIpc) is 2.29. The number of nitrogens with zero attached hydrogens (tertiary/aromatic N) is 4. The van der Waals surface area contributed by atoms with Crippen LogP contribution in [0.1, 0.15) is 24.7 Å². The van der Waals surface area contributed by atoms with E-state index in [0.29, 0.717) is 18.1 Å². The Bertz CT molecular complexity index is 411. The van der Waals surface area contributed by atoms with Gasteiger partial charge < -0.3 is 4.90 Å². The standard InChI is InChI=1S/C11H15ClN4/c1-4-9-14-10(12)8(2)11(15-9)16(3)7-5-6-13/h4-5,7H2,1-3H3. The second-order valence-corrected chi connectivity index (χ2v) is 3.92. The highest BCUT2D eigenvalue weighted by Crippen LogP contribution is 2.22. The highest BCUT2D eigenvalue weighted by Gasteiger charge is 2.11. The largest absolute Gasteiger partial charge is 0.358 e. The zero-order chi connectivity index (χ0) is 12.1. The van der Waals surface area contributed by atoms with Crippen LogP contribution < -0.4 is 4.90 Å². The first-order chi connectivity index (χ1) is 7.60. The minimum absolute atomic E-state index is 0.471. The number of anilines is 1. The van der Waals surface area contributed by atoms with Crippen molar-refractivity contribution < 1.29 is 0 Å². The van der Waals surface area contributed by atoms with Crippen molar-refractivity contribution in [1.29, 1.82) is 5.26 Å². The Morgan fingerprint density at radius 1 is 1.44 bits per heavy atom. The molecule has 0 fully saturated rings. The quantitative estimate of drug-likeness (QED) is 0.756. The molecule has 86 valence electrons. The summed E-state index contributed by atoms with van der Waals surface area (Å²) in [5.41, 5.74) is 0.860. The summed E-state index contributed by atoms with van der Waals surface area (Å²) in [7, 11) is 1.91. The Kier molecular flexibility index (Phi) is 4.51. The van der Waals surface area contributed by atoms with Crippen molar-refractivity contribution >= 4 is 17.4 Å². The molecule has 0 unspecified atom stereocenters. The molecule has 1 aromatic heterocycles. The first-order valence-electron chi connectivity index (χ1n) is 5.21. The van der Waals surface area contributed by atoms with Crippen LogP contribution in [0.15, 0.2) is 0 Å². The predicted molar refractivity (Wildman–Crippen MR) is 64.7 cm³/mol. The summed E-state index contributed by atoms with van der Waals surface area (Å²) in [5.74, 6) is 1.54. The Morgan fingerprint density at radius 2 is 2.12 bits per heavy atom. The minimum Gasteiger partial charge on any atom is -0.358 e. The van der Waals surface area contributed by atoms with Gasteiger partial charge in [-0.15, -0.1) is 0 Å². The van der Waals surface area contributed by atoms with E-state index in [2.05, 4.69) is 16.0 Å². The van der Waals surface area contributed by atoms with E-state index in [1.165, 1.54) is 0 Å². The van der Waals surface area contributed by atoms with Gasteiger partial charge in [0.15, 0.2) is 0 Å². The molecule has 16 heavy (non-hydrogen) atoms. The van der Waals surface area contributed by atoms with E-state index in [1.807, 2.05) is 25.8 Å². The van der Waals surface area contributed by atoms with Crippen LogP contribution in [0.3, 0.4) is 0 Å². The van der Waals surface area contributed by atoms with Gasteiger partial charge in [0.05, 0.1) is 12.5 Å². The Labute approximate surface area is 101 Å². The highest BCUT2D eigenvalue weighted by atomic mass is 35.5. The molecule has 0 atom stereocenters. The molecule has 1 rings (SSSR count). The normalized spacial score (nSPS) is 9.94. The molecule has 0 aliphatic rings. The summed E-state index contributed by atoms with van der Waals surface area (Å²) in [5, 5.41) is 9.04. The molecule has 0 saturated carbocycles. The van der Waals surface area contributed by atoms with Gasteiger partial charge in [-0.3, -0.25) is 0 Å². The molecule has 1 heterocycles. The van der Waals surface area contributed by atoms with Gasteiger partial charge in [-0.05, 0) is 6.92 Å². The van der Waals surface area contributed by atoms with Gasteiger partial charge in [0.2, 0.25) is 0 Å². The molecule has 5 heteroatoms. The van der Waals surface area contributed by atoms with Gasteiger partial charge >= 0.3 is 0 Å². The lowest BCUT2D eigenvalue weighted by molar-refractivity contribution is 0.844. The molecule has 4 nitrogen and oxygen atoms in total. The lowest BCUT2D eigenvalue weighted by Gasteiger charge is -2.19. The molecular weight excluding hydrogens is 224 g/mol. The van der Waals surface area contributed by atoms with Gasteiger partial charge in [0.1, 0.15) is 16.8 Å². The average molecular weight is 239 g/mol. The molecule has 0 spiro atoms. The van der Waals surface area contributed by atoms with Crippen LogP contribution in [0.5, 0.6) is 0 Å². The molecular formula is C11H15ClN4. The molecule has 0 aromatic carbocycles. The van der Waals surface area contributed by atoms with Crippen molar-refractivity contribution in [3.63, 3.8) is 0 Å². The maximum Gasteiger partial charge on any atom is 0.137 e. The van der Waals surface area contributed by atoms with Crippen LogP contribution in [0, 0.1) is 18.3 Å². The number of hydrogen-bond acceptors (Lipinski definition) is 4. The van der Waals surface area contributed by atoms with E-state index in [0.717, 1.165) is 23.6 Å². The van der Waals surface area contributed by atoms with E-state index in [1.54, 1.807) is 0 Å². The Morgan fingerprint density at radius 3 is 2.69 bits per heavy atom. The lowest BCUT2D eigenvalue weighted by atomic mass is 10.3. The monoisotopic (exact) mass is 238 g/mol. The first-order valence-corrected chi connectivity index (χ1v) is 5.59. The second-order valence-electron chi connectivity index (χ2n) is 3.56. The SMILES string of the molecule is CCc1nc(Cl)c(C)c(N(C)CCC#N)n1. The predicted octanol–water partition coefficient (Wildman–Crippen LogP) is 2.35. The van der Waals surface area contributed by atoms with E-state index < -0.39 is 0 Å². The van der Waals surface area contributed by atoms with Crippen LogP contribution in [-0.2, 0) is 6.42 Å². The summed E-state index contributed by atoms with van der Waals surface area (Å²) >= 11 is 6.03. The van der Waals surface area contributed by atoms with E-state index >= 15 is 0 Å². The van der Waals surface area contributed by atoms with E-state index in [4.69, 9.17) is 16.9 Å². The van der Waals surface area contributed by atoms with E-state index in [9.17, 15) is 0 Å². The van der Waals surface area contributed by atoms with Crippen LogP contribution in [-0.4, -0.2) is 23.6 Å². The number of rotatable bonds is 4. The number of halogens is 1. The summed E-state index contributed by atoms with van der Waals surface area (Å²) in [6, 6.07) is 2.11. The first kappa shape index (κ1) is 12.7. The Balaban J connectivity index is 3.02. The van der Waals surface area contributed by atoms with E-state index in [-0.39, 0.29) is 0 Å². The van der Waals surface area contributed by atoms with Crippen molar-refractivity contribution in [3.8, 4) is 6.07 Å². The third-order valence-electron chi connectivity index (χ3n) is 2.34. The maximum atomic E-state index is 8.55. The zero-order valence-electron chi connectivity index (χ0n) is 9.79. The molecule has 0 amide bonds. The van der Waals surface area contributed by atoms with Gasteiger partial charge in [0.25, 0.3) is 0 Å². The van der Waals surface area contributed by atoms with Crippen LogP contribution in [0.2, 0.25) is 5.15 Å². The number of aryl methyl sites for hydroxylation is 1. The topological polar surface area (TPSA) is 52.8 Å². The summed E-state index contributed by atoms with van der Waals surface area (Å²) in [6.45, 7) is 4.52. The smallest absolute Gasteiger partial charge is 0.137 e. The van der Waals surface area contributed by atoms with Gasteiger partial charge in [-0.2, -0.15) is 5.26 Å². The number of nitriles is 1. The summed E-state index contributed by atoms with van der Waals surface area (Å²) in [4.78, 5) is 10.5. The second kappa shape index (κ2) is 5.66. The third kappa shape index (κ3) is 2.83. The fraction of sp³-hybridized carbons (Fsp3) is 0.545. The molecule has 0 aliphatic heterocycles. The minimum atomic E-state index is 0.471. The molecule has 0 radical (unpaired) electrons. The summed E-state index contributed by atoms with van der Waals surface area (Å²) in [6.07, 6.45) is 1.22. The molecule has 0 N–H and O–H groups in total. The van der Waals surface area contributed by atoms with Gasteiger partial charge in [-0.1, -0.05) is 18.5 Å². The fourth-order valence-corrected chi connectivity index (χ4v) is 1.56. The Hall–Kier alpha value is -1.34. The third-order valence-corrected chi connectivity index (χ3v) is 2.71. The van der Waals surface area contributed by atoms with Crippen LogP contribution in [0.25, 0.3) is 0 Å². The van der Waals surface area contributed by atoms with Crippen molar-refractivity contribution in [2.75, 3.05) is 18.5 Å². The fourth-order valence-electron chi connectivity index (χ4n) is 1.37. The molecule has 0 bridgehead atoms. The molecule has 0 aliphatic carbocycles. The highest BCUT2D eigenvalue weighted by molar-refractivity contribution is 6.30.